The summed E-state index contributed by atoms with van der Waals surface area (Å²) in [5.74, 6) is 5.49. The molecule has 1 atom stereocenters. The predicted octanol–water partition coefficient (Wildman–Crippen LogP) is 1.21. The molecule has 0 saturated carbocycles. The molecular formula is C9H17BrN4O. The van der Waals surface area contributed by atoms with Crippen molar-refractivity contribution < 1.29 is 4.74 Å². The summed E-state index contributed by atoms with van der Waals surface area (Å²) in [6, 6.07) is -0.0431. The molecule has 0 amide bonds. The van der Waals surface area contributed by atoms with Crippen LogP contribution in [-0.2, 0) is 11.3 Å². The molecule has 0 bridgehead atoms. The fraction of sp³-hybridized carbons (Fsp3) is 0.667. The third-order valence-corrected chi connectivity index (χ3v) is 2.74. The zero-order valence-electron chi connectivity index (χ0n) is 9.03. The van der Waals surface area contributed by atoms with Crippen molar-refractivity contribution in [2.24, 2.45) is 5.84 Å². The van der Waals surface area contributed by atoms with Crippen LogP contribution in [0.15, 0.2) is 10.7 Å². The molecule has 86 valence electrons. The fourth-order valence-corrected chi connectivity index (χ4v) is 2.05. The molecule has 3 N–H and O–H groups in total. The highest BCUT2D eigenvalue weighted by Crippen LogP contribution is 2.23. The summed E-state index contributed by atoms with van der Waals surface area (Å²) >= 11 is 3.46. The van der Waals surface area contributed by atoms with Gasteiger partial charge in [0.2, 0.25) is 0 Å². The lowest BCUT2D eigenvalue weighted by atomic mass is 10.2. The van der Waals surface area contributed by atoms with Crippen molar-refractivity contribution in [2.75, 3.05) is 13.7 Å². The number of nitrogens with two attached hydrogens (primary N) is 1. The Kier molecular flexibility index (Phi) is 5.24. The van der Waals surface area contributed by atoms with Crippen molar-refractivity contribution in [3.8, 4) is 0 Å². The topological polar surface area (TPSA) is 65.1 Å². The van der Waals surface area contributed by atoms with E-state index in [1.165, 1.54) is 0 Å². The van der Waals surface area contributed by atoms with Crippen molar-refractivity contribution in [1.82, 2.24) is 15.2 Å². The van der Waals surface area contributed by atoms with Gasteiger partial charge in [0.15, 0.2) is 0 Å². The zero-order chi connectivity index (χ0) is 11.3. The van der Waals surface area contributed by atoms with Gasteiger partial charge in [-0.25, -0.2) is 5.43 Å². The van der Waals surface area contributed by atoms with E-state index < -0.39 is 0 Å². The van der Waals surface area contributed by atoms with Crippen molar-refractivity contribution in [3.05, 3.63) is 16.4 Å². The molecule has 1 rings (SSSR count). The van der Waals surface area contributed by atoms with Gasteiger partial charge in [-0.3, -0.25) is 10.5 Å². The van der Waals surface area contributed by atoms with Crippen molar-refractivity contribution >= 4 is 15.9 Å². The highest BCUT2D eigenvalue weighted by Gasteiger charge is 2.18. The monoisotopic (exact) mass is 276 g/mol. The molecule has 1 heterocycles. The van der Waals surface area contributed by atoms with Gasteiger partial charge in [0.1, 0.15) is 0 Å². The maximum absolute atomic E-state index is 5.49. The van der Waals surface area contributed by atoms with Crippen molar-refractivity contribution in [1.29, 1.82) is 0 Å². The molecule has 0 aromatic carbocycles. The summed E-state index contributed by atoms with van der Waals surface area (Å²) in [6.07, 6.45) is 2.82. The van der Waals surface area contributed by atoms with Crippen molar-refractivity contribution in [3.63, 3.8) is 0 Å². The number of methoxy groups -OCH3 is 1. The Morgan fingerprint density at radius 3 is 3.00 bits per heavy atom. The van der Waals surface area contributed by atoms with E-state index in [1.807, 2.05) is 4.68 Å². The van der Waals surface area contributed by atoms with E-state index in [1.54, 1.807) is 13.3 Å². The Balaban J connectivity index is 2.92. The Morgan fingerprint density at radius 1 is 1.73 bits per heavy atom. The van der Waals surface area contributed by atoms with Gasteiger partial charge in [-0.2, -0.15) is 5.10 Å². The number of halogens is 1. The quantitative estimate of drug-likeness (QED) is 0.606. The number of nitrogens with zero attached hydrogens (tertiary/aromatic N) is 2. The number of rotatable bonds is 6. The minimum Gasteiger partial charge on any atom is -0.383 e. The molecule has 6 heteroatoms. The Morgan fingerprint density at radius 2 is 2.47 bits per heavy atom. The van der Waals surface area contributed by atoms with Crippen LogP contribution in [0, 0.1) is 0 Å². The Labute approximate surface area is 98.1 Å². The zero-order valence-corrected chi connectivity index (χ0v) is 10.6. The van der Waals surface area contributed by atoms with Gasteiger partial charge >= 0.3 is 0 Å². The standard InChI is InChI=1S/C9H17BrN4O/c1-3-4-14-9(7(10)5-12-14)8(13-11)6-15-2/h5,8,13H,3-4,6,11H2,1-2H3. The molecule has 0 saturated heterocycles. The highest BCUT2D eigenvalue weighted by molar-refractivity contribution is 9.10. The first-order chi connectivity index (χ1) is 7.24. The van der Waals surface area contributed by atoms with Crippen molar-refractivity contribution in [2.45, 2.75) is 25.9 Å². The molecule has 0 fully saturated rings. The minimum atomic E-state index is -0.0431. The van der Waals surface area contributed by atoms with Crippen LogP contribution in [0.3, 0.4) is 0 Å². The molecule has 1 aromatic heterocycles. The predicted molar refractivity (Wildman–Crippen MR) is 62.2 cm³/mol. The van der Waals surface area contributed by atoms with Gasteiger partial charge in [-0.05, 0) is 22.4 Å². The summed E-state index contributed by atoms with van der Waals surface area (Å²) < 4.78 is 8.00. The van der Waals surface area contributed by atoms with Crippen LogP contribution in [-0.4, -0.2) is 23.5 Å². The van der Waals surface area contributed by atoms with Gasteiger partial charge < -0.3 is 4.74 Å². The largest absolute Gasteiger partial charge is 0.383 e. The Hall–Kier alpha value is -0.430. The molecular weight excluding hydrogens is 260 g/mol. The third kappa shape index (κ3) is 3.01. The second-order valence-corrected chi connectivity index (χ2v) is 4.13. The third-order valence-electron chi connectivity index (χ3n) is 2.13. The van der Waals surface area contributed by atoms with E-state index in [-0.39, 0.29) is 6.04 Å². The average molecular weight is 277 g/mol. The van der Waals surface area contributed by atoms with Crippen LogP contribution in [0.1, 0.15) is 25.1 Å². The lowest BCUT2D eigenvalue weighted by molar-refractivity contribution is 0.163. The number of hydrazine groups is 1. The second kappa shape index (κ2) is 6.22. The summed E-state index contributed by atoms with van der Waals surface area (Å²) in [6.45, 7) is 3.51. The maximum atomic E-state index is 5.49. The van der Waals surface area contributed by atoms with Crippen LogP contribution in [0.5, 0.6) is 0 Å². The molecule has 0 aliphatic carbocycles. The summed E-state index contributed by atoms with van der Waals surface area (Å²) in [5, 5.41) is 4.28. The van der Waals surface area contributed by atoms with Crippen LogP contribution in [0.2, 0.25) is 0 Å². The lowest BCUT2D eigenvalue weighted by Gasteiger charge is -2.17. The first kappa shape index (κ1) is 12.6. The number of aromatic nitrogens is 2. The average Bonchev–Trinajstić information content (AvgIpc) is 2.58. The molecule has 15 heavy (non-hydrogen) atoms. The summed E-state index contributed by atoms with van der Waals surface area (Å²) in [5.41, 5.74) is 3.76. The normalized spacial score (nSPS) is 13.1. The number of hydrogen-bond donors (Lipinski definition) is 2. The van der Waals surface area contributed by atoms with Crippen LogP contribution >= 0.6 is 15.9 Å². The molecule has 5 nitrogen and oxygen atoms in total. The van der Waals surface area contributed by atoms with E-state index >= 15 is 0 Å². The van der Waals surface area contributed by atoms with E-state index in [0.717, 1.165) is 23.1 Å². The first-order valence-electron chi connectivity index (χ1n) is 4.90. The van der Waals surface area contributed by atoms with Crippen LogP contribution < -0.4 is 11.3 Å². The second-order valence-electron chi connectivity index (χ2n) is 3.28. The van der Waals surface area contributed by atoms with Gasteiger partial charge in [0, 0.05) is 13.7 Å². The maximum Gasteiger partial charge on any atom is 0.0873 e. The molecule has 0 radical (unpaired) electrons. The molecule has 0 aliphatic rings. The number of hydrogen-bond acceptors (Lipinski definition) is 4. The van der Waals surface area contributed by atoms with Gasteiger partial charge in [-0.15, -0.1) is 0 Å². The van der Waals surface area contributed by atoms with E-state index in [0.29, 0.717) is 6.61 Å². The summed E-state index contributed by atoms with van der Waals surface area (Å²) in [7, 11) is 1.65. The fourth-order valence-electron chi connectivity index (χ4n) is 1.48. The van der Waals surface area contributed by atoms with E-state index in [2.05, 4.69) is 33.4 Å². The SMILES string of the molecule is CCCn1ncc(Br)c1C(COC)NN. The minimum absolute atomic E-state index is 0.0431. The lowest BCUT2D eigenvalue weighted by Crippen LogP contribution is -2.33. The highest BCUT2D eigenvalue weighted by atomic mass is 79.9. The van der Waals surface area contributed by atoms with Gasteiger partial charge in [0.25, 0.3) is 0 Å². The summed E-state index contributed by atoms with van der Waals surface area (Å²) in [4.78, 5) is 0. The number of nitrogens with one attached hydrogen (secondary N) is 1. The molecule has 1 aromatic rings. The molecule has 1 unspecified atom stereocenters. The Bertz CT molecular complexity index is 302. The smallest absolute Gasteiger partial charge is 0.0873 e. The van der Waals surface area contributed by atoms with Gasteiger partial charge in [-0.1, -0.05) is 6.92 Å². The van der Waals surface area contributed by atoms with E-state index in [4.69, 9.17) is 10.6 Å². The van der Waals surface area contributed by atoms with Gasteiger partial charge in [0.05, 0.1) is 29.0 Å². The molecule has 0 spiro atoms. The van der Waals surface area contributed by atoms with E-state index in [9.17, 15) is 0 Å². The first-order valence-corrected chi connectivity index (χ1v) is 5.70. The molecule has 0 aliphatic heterocycles. The van der Waals surface area contributed by atoms with Crippen LogP contribution in [0.25, 0.3) is 0 Å². The van der Waals surface area contributed by atoms with Crippen LogP contribution in [0.4, 0.5) is 0 Å². The number of aryl methyl sites for hydroxylation is 1. The number of ether oxygens (including phenoxy) is 1.